The number of hydrogen-bond donors (Lipinski definition) is 1. The third-order valence-corrected chi connectivity index (χ3v) is 2.42. The molecular weight excluding hydrogens is 264 g/mol. The molecule has 0 aromatic heterocycles. The Labute approximate surface area is 127 Å². The summed E-state index contributed by atoms with van der Waals surface area (Å²) in [5.41, 5.74) is 0. The molecular formula is C18H22O3. The Morgan fingerprint density at radius 1 is 1.24 bits per heavy atom. The quantitative estimate of drug-likeness (QED) is 0.339. The van der Waals surface area contributed by atoms with Crippen LogP contribution in [0.2, 0.25) is 0 Å². The van der Waals surface area contributed by atoms with Crippen LogP contribution < -0.4 is 0 Å². The minimum absolute atomic E-state index is 0.0595. The van der Waals surface area contributed by atoms with Crippen molar-refractivity contribution < 1.29 is 14.6 Å². The number of methoxy groups -OCH3 is 1. The minimum Gasteiger partial charge on any atom is -0.469 e. The highest BCUT2D eigenvalue weighted by Crippen LogP contribution is 2.05. The second-order valence-corrected chi connectivity index (χ2v) is 4.19. The summed E-state index contributed by atoms with van der Waals surface area (Å²) in [7, 11) is 1.32. The summed E-state index contributed by atoms with van der Waals surface area (Å²) < 4.78 is 4.49. The van der Waals surface area contributed by atoms with Gasteiger partial charge in [-0.25, -0.2) is 0 Å². The molecule has 0 aromatic rings. The summed E-state index contributed by atoms with van der Waals surface area (Å²) in [5, 5.41) is 9.54. The van der Waals surface area contributed by atoms with Crippen LogP contribution in [0.3, 0.4) is 0 Å². The highest BCUT2D eigenvalue weighted by Gasteiger charge is 2.09. The van der Waals surface area contributed by atoms with Crippen molar-refractivity contribution in [3.63, 3.8) is 0 Å². The van der Waals surface area contributed by atoms with Crippen molar-refractivity contribution >= 4 is 5.97 Å². The van der Waals surface area contributed by atoms with Crippen LogP contribution in [-0.4, -0.2) is 24.3 Å². The van der Waals surface area contributed by atoms with E-state index in [1.807, 2.05) is 31.2 Å². The molecule has 0 heterocycles. The molecule has 0 rings (SSSR count). The summed E-state index contributed by atoms with van der Waals surface area (Å²) in [5.74, 6) is 10.6. The molecule has 1 atom stereocenters. The predicted molar refractivity (Wildman–Crippen MR) is 85.1 cm³/mol. The summed E-state index contributed by atoms with van der Waals surface area (Å²) >= 11 is 0. The Bertz CT molecular complexity index is 490. The van der Waals surface area contributed by atoms with E-state index in [0.717, 1.165) is 12.8 Å². The van der Waals surface area contributed by atoms with Gasteiger partial charge in [-0.2, -0.15) is 0 Å². The van der Waals surface area contributed by atoms with Crippen LogP contribution in [-0.2, 0) is 9.53 Å². The van der Waals surface area contributed by atoms with E-state index in [2.05, 4.69) is 28.4 Å². The molecule has 0 spiro atoms. The average Bonchev–Trinajstić information content (AvgIpc) is 2.48. The van der Waals surface area contributed by atoms with Gasteiger partial charge in [0.2, 0.25) is 0 Å². The summed E-state index contributed by atoms with van der Waals surface area (Å²) in [6.07, 6.45) is 12.8. The van der Waals surface area contributed by atoms with E-state index in [1.165, 1.54) is 7.11 Å². The number of unbranched alkanes of at least 4 members (excludes halogenated alkanes) is 1. The van der Waals surface area contributed by atoms with Crippen molar-refractivity contribution in [2.75, 3.05) is 7.11 Å². The van der Waals surface area contributed by atoms with E-state index >= 15 is 0 Å². The molecule has 0 aliphatic heterocycles. The van der Waals surface area contributed by atoms with Crippen molar-refractivity contribution in [3.8, 4) is 23.7 Å². The van der Waals surface area contributed by atoms with Crippen molar-refractivity contribution in [3.05, 3.63) is 36.5 Å². The number of aliphatic hydroxyl groups excluding tert-OH is 1. The summed E-state index contributed by atoms with van der Waals surface area (Å²) in [6.45, 7) is 1.90. The van der Waals surface area contributed by atoms with Gasteiger partial charge in [0.15, 0.2) is 0 Å². The Morgan fingerprint density at radius 3 is 2.62 bits per heavy atom. The van der Waals surface area contributed by atoms with Gasteiger partial charge in [0.25, 0.3) is 0 Å². The molecule has 1 N–H and O–H groups in total. The zero-order valence-corrected chi connectivity index (χ0v) is 12.6. The Balaban J connectivity index is 3.74. The number of allylic oxidation sites excluding steroid dienone is 6. The second-order valence-electron chi connectivity index (χ2n) is 4.19. The third kappa shape index (κ3) is 14.0. The van der Waals surface area contributed by atoms with Crippen molar-refractivity contribution in [1.82, 2.24) is 0 Å². The fraction of sp³-hybridized carbons (Fsp3) is 0.389. The maximum Gasteiger partial charge on any atom is 0.308 e. The number of carbonyl (C=O) groups excluding carboxylic acids is 1. The number of hydrogen-bond acceptors (Lipinski definition) is 3. The van der Waals surface area contributed by atoms with Crippen LogP contribution in [0.25, 0.3) is 0 Å². The molecule has 0 unspecified atom stereocenters. The molecule has 112 valence electrons. The molecule has 0 fully saturated rings. The van der Waals surface area contributed by atoms with Gasteiger partial charge in [-0.05, 0) is 50.2 Å². The van der Waals surface area contributed by atoms with E-state index in [-0.39, 0.29) is 12.4 Å². The van der Waals surface area contributed by atoms with Crippen LogP contribution in [0.1, 0.15) is 32.6 Å². The van der Waals surface area contributed by atoms with Crippen molar-refractivity contribution in [2.45, 2.75) is 38.7 Å². The van der Waals surface area contributed by atoms with Crippen LogP contribution in [0, 0.1) is 23.7 Å². The topological polar surface area (TPSA) is 46.5 Å². The van der Waals surface area contributed by atoms with E-state index in [9.17, 15) is 9.90 Å². The van der Waals surface area contributed by atoms with Gasteiger partial charge >= 0.3 is 5.97 Å². The number of ether oxygens (including phenoxy) is 1. The van der Waals surface area contributed by atoms with Gasteiger partial charge in [-0.3, -0.25) is 4.79 Å². The molecule has 0 aliphatic rings. The predicted octanol–water partition coefficient (Wildman–Crippen LogP) is 2.78. The molecule has 0 radical (unpaired) electrons. The van der Waals surface area contributed by atoms with Crippen LogP contribution in [0.15, 0.2) is 36.5 Å². The maximum atomic E-state index is 10.9. The molecule has 21 heavy (non-hydrogen) atoms. The Hall–Kier alpha value is -2.23. The lowest BCUT2D eigenvalue weighted by Gasteiger charge is -2.07. The first-order chi connectivity index (χ1) is 10.2. The molecule has 0 saturated heterocycles. The van der Waals surface area contributed by atoms with Crippen molar-refractivity contribution in [1.29, 1.82) is 0 Å². The van der Waals surface area contributed by atoms with Crippen LogP contribution in [0.5, 0.6) is 0 Å². The van der Waals surface area contributed by atoms with E-state index in [0.29, 0.717) is 6.42 Å². The number of aliphatic hydroxyl groups is 1. The zero-order valence-electron chi connectivity index (χ0n) is 12.6. The fourth-order valence-electron chi connectivity index (χ4n) is 1.37. The van der Waals surface area contributed by atoms with Gasteiger partial charge in [0, 0.05) is 0 Å². The average molecular weight is 286 g/mol. The van der Waals surface area contributed by atoms with Gasteiger partial charge in [0.05, 0.1) is 19.6 Å². The molecule has 3 heteroatoms. The fourth-order valence-corrected chi connectivity index (χ4v) is 1.37. The van der Waals surface area contributed by atoms with Gasteiger partial charge < -0.3 is 9.84 Å². The first kappa shape index (κ1) is 18.8. The zero-order chi connectivity index (χ0) is 15.8. The van der Waals surface area contributed by atoms with Crippen molar-refractivity contribution in [2.24, 2.45) is 0 Å². The largest absolute Gasteiger partial charge is 0.469 e. The first-order valence-electron chi connectivity index (χ1n) is 6.89. The van der Waals surface area contributed by atoms with Gasteiger partial charge in [0.1, 0.15) is 0 Å². The molecule has 0 amide bonds. The summed E-state index contributed by atoms with van der Waals surface area (Å²) in [6, 6.07) is 0. The van der Waals surface area contributed by atoms with Gasteiger partial charge in [-0.15, -0.1) is 0 Å². The van der Waals surface area contributed by atoms with Gasteiger partial charge in [-0.1, -0.05) is 36.1 Å². The number of rotatable bonds is 7. The number of esters is 1. The minimum atomic E-state index is -0.622. The number of carbonyl (C=O) groups is 1. The second kappa shape index (κ2) is 14.2. The Morgan fingerprint density at radius 2 is 1.95 bits per heavy atom. The molecule has 0 saturated carbocycles. The molecule has 3 nitrogen and oxygen atoms in total. The highest BCUT2D eigenvalue weighted by molar-refractivity contribution is 5.69. The monoisotopic (exact) mass is 286 g/mol. The lowest BCUT2D eigenvalue weighted by Crippen LogP contribution is -2.14. The Kier molecular flexibility index (Phi) is 12.7. The van der Waals surface area contributed by atoms with E-state index < -0.39 is 6.10 Å². The van der Waals surface area contributed by atoms with E-state index in [1.54, 1.807) is 12.2 Å². The lowest BCUT2D eigenvalue weighted by molar-refractivity contribution is -0.142. The SMILES string of the molecule is C/C=C/C#CC#C/C=C/C=C/CCC[C@H](O)CC(=O)OC. The lowest BCUT2D eigenvalue weighted by atomic mass is 10.1. The van der Waals surface area contributed by atoms with Crippen LogP contribution in [0.4, 0.5) is 0 Å². The first-order valence-corrected chi connectivity index (χ1v) is 6.89. The smallest absolute Gasteiger partial charge is 0.308 e. The molecule has 0 aliphatic carbocycles. The van der Waals surface area contributed by atoms with E-state index in [4.69, 9.17) is 0 Å². The maximum absolute atomic E-state index is 10.9. The normalized spacial score (nSPS) is 12.0. The van der Waals surface area contributed by atoms with Crippen LogP contribution >= 0.6 is 0 Å². The molecule has 0 bridgehead atoms. The standard InChI is InChI=1S/C18H22O3/c1-3-4-5-6-7-8-9-10-11-12-13-14-15-17(19)16-18(20)21-2/h3-4,9-12,17,19H,13-16H2,1-2H3/b4-3+,10-9+,12-11+/t17-/m0/s1. The third-order valence-electron chi connectivity index (χ3n) is 2.42. The highest BCUT2D eigenvalue weighted by atomic mass is 16.5. The molecule has 0 aromatic carbocycles. The summed E-state index contributed by atoms with van der Waals surface area (Å²) in [4.78, 5) is 10.9.